The zero-order valence-corrected chi connectivity index (χ0v) is 17.6. The normalized spacial score (nSPS) is 15.9. The van der Waals surface area contributed by atoms with E-state index in [0.29, 0.717) is 22.8 Å². The summed E-state index contributed by atoms with van der Waals surface area (Å²) >= 11 is 0. The molecule has 2 amide bonds. The molecule has 1 N–H and O–H groups in total. The van der Waals surface area contributed by atoms with Crippen LogP contribution in [-0.4, -0.2) is 42.1 Å². The Morgan fingerprint density at radius 1 is 1.25 bits per heavy atom. The molecule has 3 aromatic rings. The van der Waals surface area contributed by atoms with Gasteiger partial charge in [0.15, 0.2) is 23.0 Å². The van der Waals surface area contributed by atoms with Crippen molar-refractivity contribution in [1.82, 2.24) is 15.4 Å². The van der Waals surface area contributed by atoms with Gasteiger partial charge in [0.2, 0.25) is 5.91 Å². The molecule has 1 fully saturated rings. The monoisotopic (exact) mass is 439 g/mol. The van der Waals surface area contributed by atoms with Crippen molar-refractivity contribution in [1.29, 1.82) is 0 Å². The van der Waals surface area contributed by atoms with Gasteiger partial charge in [0.1, 0.15) is 18.5 Å². The van der Waals surface area contributed by atoms with Crippen LogP contribution in [0.5, 0.6) is 11.5 Å². The molecule has 1 saturated heterocycles. The highest BCUT2D eigenvalue weighted by molar-refractivity contribution is 5.97. The van der Waals surface area contributed by atoms with Crippen LogP contribution in [0, 0.1) is 12.7 Å². The summed E-state index contributed by atoms with van der Waals surface area (Å²) in [6, 6.07) is 11.7. The lowest BCUT2D eigenvalue weighted by Gasteiger charge is -2.34. The van der Waals surface area contributed by atoms with Gasteiger partial charge in [0.25, 0.3) is 5.91 Å². The Balaban J connectivity index is 1.50. The first-order chi connectivity index (χ1) is 15.5. The molecular weight excluding hydrogens is 417 g/mol. The first-order valence-electron chi connectivity index (χ1n) is 10.0. The van der Waals surface area contributed by atoms with Crippen LogP contribution in [0.25, 0.3) is 0 Å². The first kappa shape index (κ1) is 21.4. The van der Waals surface area contributed by atoms with Gasteiger partial charge in [-0.3, -0.25) is 9.59 Å². The average molecular weight is 439 g/mol. The molecule has 166 valence electrons. The predicted octanol–water partition coefficient (Wildman–Crippen LogP) is 3.02. The van der Waals surface area contributed by atoms with E-state index in [1.807, 2.05) is 19.1 Å². The highest BCUT2D eigenvalue weighted by Gasteiger charge is 2.36. The van der Waals surface area contributed by atoms with Gasteiger partial charge in [0.05, 0.1) is 7.11 Å². The van der Waals surface area contributed by atoms with E-state index >= 15 is 0 Å². The Morgan fingerprint density at radius 3 is 2.88 bits per heavy atom. The second-order valence-corrected chi connectivity index (χ2v) is 7.37. The van der Waals surface area contributed by atoms with Gasteiger partial charge in [-0.25, -0.2) is 4.39 Å². The van der Waals surface area contributed by atoms with Crippen molar-refractivity contribution >= 4 is 11.8 Å². The smallest absolute Gasteiger partial charge is 0.277 e. The van der Waals surface area contributed by atoms with E-state index in [0.717, 1.165) is 5.56 Å². The van der Waals surface area contributed by atoms with E-state index in [-0.39, 0.29) is 31.3 Å². The molecule has 4 rings (SSSR count). The second-order valence-electron chi connectivity index (χ2n) is 7.37. The molecule has 2 aromatic carbocycles. The summed E-state index contributed by atoms with van der Waals surface area (Å²) in [5, 5.41) is 6.56. The topological polar surface area (TPSA) is 93.9 Å². The van der Waals surface area contributed by atoms with Gasteiger partial charge >= 0.3 is 0 Å². The number of aromatic nitrogens is 1. The van der Waals surface area contributed by atoms with Crippen LogP contribution in [-0.2, 0) is 11.4 Å². The molecule has 32 heavy (non-hydrogen) atoms. The molecule has 1 aromatic heterocycles. The number of benzene rings is 2. The molecule has 1 aliphatic rings. The van der Waals surface area contributed by atoms with Crippen LogP contribution in [0.2, 0.25) is 0 Å². The maximum Gasteiger partial charge on any atom is 0.277 e. The van der Waals surface area contributed by atoms with Crippen molar-refractivity contribution < 1.29 is 28.0 Å². The van der Waals surface area contributed by atoms with Crippen molar-refractivity contribution in [3.8, 4) is 11.5 Å². The number of rotatable bonds is 6. The largest absolute Gasteiger partial charge is 0.493 e. The number of amides is 2. The summed E-state index contributed by atoms with van der Waals surface area (Å²) in [5.74, 6) is 0.0884. The number of nitrogens with zero attached hydrogens (tertiary/aromatic N) is 2. The molecule has 0 bridgehead atoms. The van der Waals surface area contributed by atoms with Gasteiger partial charge in [-0.1, -0.05) is 23.4 Å². The number of piperazine rings is 1. The third-order valence-corrected chi connectivity index (χ3v) is 5.10. The van der Waals surface area contributed by atoms with Gasteiger partial charge < -0.3 is 24.2 Å². The summed E-state index contributed by atoms with van der Waals surface area (Å²) in [7, 11) is 1.55. The minimum absolute atomic E-state index is 0.0352. The molecule has 8 nitrogen and oxygen atoms in total. The van der Waals surface area contributed by atoms with E-state index in [1.54, 1.807) is 19.2 Å². The molecule has 1 atom stereocenters. The molecule has 0 radical (unpaired) electrons. The van der Waals surface area contributed by atoms with Crippen LogP contribution in [0.1, 0.15) is 33.4 Å². The fourth-order valence-electron chi connectivity index (χ4n) is 3.57. The summed E-state index contributed by atoms with van der Waals surface area (Å²) in [6.45, 7) is 2.52. The zero-order chi connectivity index (χ0) is 22.7. The van der Waals surface area contributed by atoms with Crippen LogP contribution < -0.4 is 14.8 Å². The molecular formula is C23H22FN3O5. The van der Waals surface area contributed by atoms with Gasteiger partial charge in [-0.05, 0) is 42.3 Å². The highest BCUT2D eigenvalue weighted by atomic mass is 19.1. The molecule has 0 spiro atoms. The van der Waals surface area contributed by atoms with Crippen LogP contribution in [0.4, 0.5) is 4.39 Å². The van der Waals surface area contributed by atoms with Gasteiger partial charge in [-0.15, -0.1) is 0 Å². The van der Waals surface area contributed by atoms with Gasteiger partial charge in [-0.2, -0.15) is 0 Å². The summed E-state index contributed by atoms with van der Waals surface area (Å²) < 4.78 is 30.0. The maximum atomic E-state index is 13.7. The first-order valence-corrected chi connectivity index (χ1v) is 10.0. The molecule has 9 heteroatoms. The zero-order valence-electron chi connectivity index (χ0n) is 17.6. The van der Waals surface area contributed by atoms with Crippen molar-refractivity contribution in [2.45, 2.75) is 19.6 Å². The number of carbonyl (C=O) groups excluding carboxylic acids is 2. The number of nitrogens with one attached hydrogen (secondary N) is 1. The molecule has 2 heterocycles. The van der Waals surface area contributed by atoms with Crippen molar-refractivity contribution in [3.05, 3.63) is 76.9 Å². The van der Waals surface area contributed by atoms with E-state index in [1.165, 1.54) is 29.2 Å². The Bertz CT molecular complexity index is 1150. The number of methoxy groups -OCH3 is 1. The van der Waals surface area contributed by atoms with E-state index in [9.17, 15) is 14.0 Å². The molecule has 1 aliphatic heterocycles. The third-order valence-electron chi connectivity index (χ3n) is 5.10. The molecule has 0 unspecified atom stereocenters. The van der Waals surface area contributed by atoms with Crippen molar-refractivity contribution in [2.24, 2.45) is 0 Å². The lowest BCUT2D eigenvalue weighted by Crippen LogP contribution is -2.52. The van der Waals surface area contributed by atoms with E-state index in [4.69, 9.17) is 14.0 Å². The number of hydrogen-bond acceptors (Lipinski definition) is 6. The maximum absolute atomic E-state index is 13.7. The van der Waals surface area contributed by atoms with E-state index in [2.05, 4.69) is 10.5 Å². The van der Waals surface area contributed by atoms with Crippen LogP contribution in [0.3, 0.4) is 0 Å². The fourth-order valence-corrected chi connectivity index (χ4v) is 3.57. The highest BCUT2D eigenvalue weighted by Crippen LogP contribution is 2.29. The minimum Gasteiger partial charge on any atom is -0.493 e. The molecule has 0 aliphatic carbocycles. The summed E-state index contributed by atoms with van der Waals surface area (Å²) in [5.41, 5.74) is 1.45. The Hall–Kier alpha value is -3.88. The summed E-state index contributed by atoms with van der Waals surface area (Å²) in [4.78, 5) is 27.0. The fraction of sp³-hybridized carbons (Fsp3) is 0.261. The number of aryl methyl sites for hydroxylation is 1. The van der Waals surface area contributed by atoms with Crippen molar-refractivity contribution in [3.63, 3.8) is 0 Å². The molecule has 0 saturated carbocycles. The lowest BCUT2D eigenvalue weighted by atomic mass is 10.0. The Morgan fingerprint density at radius 2 is 2.09 bits per heavy atom. The van der Waals surface area contributed by atoms with E-state index < -0.39 is 17.8 Å². The minimum atomic E-state index is -0.958. The summed E-state index contributed by atoms with van der Waals surface area (Å²) in [6.07, 6.45) is 0. The number of halogens is 1. The Kier molecular flexibility index (Phi) is 6.07. The van der Waals surface area contributed by atoms with Gasteiger partial charge in [0, 0.05) is 19.2 Å². The lowest BCUT2D eigenvalue weighted by molar-refractivity contribution is -0.128. The second kappa shape index (κ2) is 9.09. The quantitative estimate of drug-likeness (QED) is 0.635. The van der Waals surface area contributed by atoms with Crippen LogP contribution >= 0.6 is 0 Å². The SMILES string of the molecule is COc1cc(C)ccc1OCc1cc(C(=O)N2CCNC(=O)[C@H]2c2cccc(F)c2)no1. The number of ether oxygens (including phenoxy) is 2. The van der Waals surface area contributed by atoms with Crippen molar-refractivity contribution in [2.75, 3.05) is 20.2 Å². The average Bonchev–Trinajstić information content (AvgIpc) is 3.26. The number of hydrogen-bond donors (Lipinski definition) is 1. The standard InChI is InChI=1S/C23H22FN3O5/c1-14-6-7-19(20(10-14)30-2)31-13-17-12-18(26-32-17)23(29)27-9-8-25-22(28)21(27)15-4-3-5-16(24)11-15/h3-7,10-12,21H,8-9,13H2,1-2H3,(H,25,28)/t21-/m1/s1. The predicted molar refractivity (Wildman–Crippen MR) is 112 cm³/mol. The Labute approximate surface area is 183 Å². The number of carbonyl (C=O) groups is 2. The third kappa shape index (κ3) is 4.41. The van der Waals surface area contributed by atoms with Crippen LogP contribution in [0.15, 0.2) is 53.1 Å².